The Hall–Kier alpha value is -1.53. The number of nitrogens with zero attached hydrogens (tertiary/aromatic N) is 2. The fourth-order valence-corrected chi connectivity index (χ4v) is 2.11. The third kappa shape index (κ3) is 1.57. The number of hydrogen-bond acceptors (Lipinski definition) is 3. The normalized spacial score (nSPS) is 9.57. The zero-order valence-electron chi connectivity index (χ0n) is 8.11. The fraction of sp³-hybridized carbons (Fsp3) is 0.182. The average Bonchev–Trinajstić information content (AvgIpc) is 2.61. The first-order valence-electron chi connectivity index (χ1n) is 4.33. The summed E-state index contributed by atoms with van der Waals surface area (Å²) in [5.74, 6) is 2.85. The Balaban J connectivity index is 2.48. The van der Waals surface area contributed by atoms with E-state index in [4.69, 9.17) is 0 Å². The summed E-state index contributed by atoms with van der Waals surface area (Å²) in [6.45, 7) is 1.82. The third-order valence-corrected chi connectivity index (χ3v) is 2.96. The molecule has 3 heteroatoms. The van der Waals surface area contributed by atoms with E-state index in [-0.39, 0.29) is 0 Å². The van der Waals surface area contributed by atoms with Crippen molar-refractivity contribution in [2.24, 2.45) is 0 Å². The number of para-hydroxylation sites is 1. The maximum atomic E-state index is 4.47. The van der Waals surface area contributed by atoms with Crippen LogP contribution in [0, 0.1) is 12.0 Å². The van der Waals surface area contributed by atoms with Gasteiger partial charge in [-0.1, -0.05) is 29.4 Å². The van der Waals surface area contributed by atoms with Crippen molar-refractivity contribution < 1.29 is 0 Å². The van der Waals surface area contributed by atoms with Crippen LogP contribution >= 0.6 is 11.3 Å². The van der Waals surface area contributed by atoms with Crippen LogP contribution < -0.4 is 4.90 Å². The lowest BCUT2D eigenvalue weighted by atomic mass is 10.3. The molecule has 0 N–H and O–H groups in total. The minimum atomic E-state index is 0.945. The quantitative estimate of drug-likeness (QED) is 0.522. The SMILES string of the molecule is CC#CN(C)c1nc2ccccc2s1. The Labute approximate surface area is 87.2 Å². The second-order valence-electron chi connectivity index (χ2n) is 2.88. The van der Waals surface area contributed by atoms with Crippen molar-refractivity contribution in [1.82, 2.24) is 4.98 Å². The zero-order chi connectivity index (χ0) is 9.97. The van der Waals surface area contributed by atoms with Crippen LogP contribution in [0.4, 0.5) is 5.13 Å². The highest BCUT2D eigenvalue weighted by Gasteiger charge is 2.04. The van der Waals surface area contributed by atoms with Gasteiger partial charge in [0.15, 0.2) is 5.13 Å². The summed E-state index contributed by atoms with van der Waals surface area (Å²) in [5, 5.41) is 0.945. The molecule has 0 unspecified atom stereocenters. The van der Waals surface area contributed by atoms with E-state index in [0.717, 1.165) is 10.6 Å². The molecular formula is C11H10N2S. The number of benzene rings is 1. The van der Waals surface area contributed by atoms with Gasteiger partial charge in [0.2, 0.25) is 0 Å². The maximum Gasteiger partial charge on any atom is 0.197 e. The molecular weight excluding hydrogens is 192 g/mol. The van der Waals surface area contributed by atoms with Crippen LogP contribution in [0.5, 0.6) is 0 Å². The van der Waals surface area contributed by atoms with E-state index in [2.05, 4.69) is 23.0 Å². The number of thiazole rings is 1. The van der Waals surface area contributed by atoms with Crippen molar-refractivity contribution in [2.75, 3.05) is 11.9 Å². The second kappa shape index (κ2) is 3.69. The first kappa shape index (κ1) is 9.04. The van der Waals surface area contributed by atoms with E-state index in [0.29, 0.717) is 0 Å². The minimum Gasteiger partial charge on any atom is -0.280 e. The summed E-state index contributed by atoms with van der Waals surface area (Å²) >= 11 is 1.66. The number of anilines is 1. The Morgan fingerprint density at radius 2 is 2.14 bits per heavy atom. The van der Waals surface area contributed by atoms with Crippen molar-refractivity contribution in [3.63, 3.8) is 0 Å². The first-order valence-corrected chi connectivity index (χ1v) is 5.14. The molecule has 1 heterocycles. The van der Waals surface area contributed by atoms with Gasteiger partial charge in [-0.25, -0.2) is 4.98 Å². The van der Waals surface area contributed by atoms with Gasteiger partial charge in [0.05, 0.1) is 10.2 Å². The van der Waals surface area contributed by atoms with Crippen molar-refractivity contribution in [3.05, 3.63) is 24.3 Å². The molecule has 2 aromatic rings. The molecule has 70 valence electrons. The van der Waals surface area contributed by atoms with Crippen LogP contribution in [0.1, 0.15) is 6.92 Å². The van der Waals surface area contributed by atoms with Gasteiger partial charge in [-0.3, -0.25) is 4.90 Å². The molecule has 0 bridgehead atoms. The van der Waals surface area contributed by atoms with Gasteiger partial charge in [-0.15, -0.1) is 0 Å². The van der Waals surface area contributed by atoms with Gasteiger partial charge < -0.3 is 0 Å². The molecule has 0 aliphatic heterocycles. The highest BCUT2D eigenvalue weighted by Crippen LogP contribution is 2.27. The molecule has 2 rings (SSSR count). The number of hydrogen-bond donors (Lipinski definition) is 0. The lowest BCUT2D eigenvalue weighted by molar-refractivity contribution is 1.22. The summed E-state index contributed by atoms with van der Waals surface area (Å²) < 4.78 is 1.20. The van der Waals surface area contributed by atoms with Crippen LogP contribution in [-0.4, -0.2) is 12.0 Å². The molecule has 1 aromatic heterocycles. The summed E-state index contributed by atoms with van der Waals surface area (Å²) in [7, 11) is 1.92. The third-order valence-electron chi connectivity index (χ3n) is 1.85. The van der Waals surface area contributed by atoms with E-state index in [1.807, 2.05) is 37.1 Å². The van der Waals surface area contributed by atoms with E-state index in [1.165, 1.54) is 4.70 Å². The van der Waals surface area contributed by atoms with Crippen molar-refractivity contribution >= 4 is 26.7 Å². The van der Waals surface area contributed by atoms with Crippen LogP contribution in [-0.2, 0) is 0 Å². The van der Waals surface area contributed by atoms with Gasteiger partial charge in [-0.05, 0) is 19.1 Å². The minimum absolute atomic E-state index is 0.945. The number of rotatable bonds is 1. The molecule has 0 aliphatic rings. The Morgan fingerprint density at radius 3 is 2.86 bits per heavy atom. The highest BCUT2D eigenvalue weighted by atomic mass is 32.1. The van der Waals surface area contributed by atoms with E-state index in [9.17, 15) is 0 Å². The Kier molecular flexibility index (Phi) is 2.38. The van der Waals surface area contributed by atoms with Gasteiger partial charge >= 0.3 is 0 Å². The van der Waals surface area contributed by atoms with Crippen LogP contribution in [0.2, 0.25) is 0 Å². The lowest BCUT2D eigenvalue weighted by Gasteiger charge is -2.03. The fourth-order valence-electron chi connectivity index (χ4n) is 1.22. The molecule has 0 atom stereocenters. The summed E-state index contributed by atoms with van der Waals surface area (Å²) in [4.78, 5) is 6.33. The summed E-state index contributed by atoms with van der Waals surface area (Å²) in [6.07, 6.45) is 0. The first-order chi connectivity index (χ1) is 6.81. The molecule has 0 aliphatic carbocycles. The van der Waals surface area contributed by atoms with Gasteiger partial charge in [0.25, 0.3) is 0 Å². The van der Waals surface area contributed by atoms with E-state index in [1.54, 1.807) is 11.3 Å². The van der Waals surface area contributed by atoms with Crippen LogP contribution in [0.25, 0.3) is 10.2 Å². The maximum absolute atomic E-state index is 4.47. The van der Waals surface area contributed by atoms with Gasteiger partial charge in [-0.2, -0.15) is 0 Å². The summed E-state index contributed by atoms with van der Waals surface area (Å²) in [6, 6.07) is 11.1. The largest absolute Gasteiger partial charge is 0.280 e. The van der Waals surface area contributed by atoms with Crippen molar-refractivity contribution in [1.29, 1.82) is 0 Å². The molecule has 0 radical (unpaired) electrons. The van der Waals surface area contributed by atoms with Gasteiger partial charge in [0.1, 0.15) is 0 Å². The van der Waals surface area contributed by atoms with Crippen molar-refractivity contribution in [2.45, 2.75) is 6.92 Å². The predicted molar refractivity (Wildman–Crippen MR) is 61.5 cm³/mol. The summed E-state index contributed by atoms with van der Waals surface area (Å²) in [5.41, 5.74) is 1.04. The van der Waals surface area contributed by atoms with Crippen LogP contribution in [0.15, 0.2) is 24.3 Å². The van der Waals surface area contributed by atoms with Crippen LogP contribution in [0.3, 0.4) is 0 Å². The molecule has 0 saturated heterocycles. The lowest BCUT2D eigenvalue weighted by Crippen LogP contribution is -2.07. The standard InChI is InChI=1S/C11H10N2S/c1-3-8-13(2)11-12-9-6-4-5-7-10(9)14-11/h4-7H,1-2H3. The van der Waals surface area contributed by atoms with E-state index >= 15 is 0 Å². The average molecular weight is 202 g/mol. The van der Waals surface area contributed by atoms with Crippen molar-refractivity contribution in [3.8, 4) is 12.0 Å². The van der Waals surface area contributed by atoms with Gasteiger partial charge in [0, 0.05) is 13.1 Å². The number of aromatic nitrogens is 1. The van der Waals surface area contributed by atoms with E-state index < -0.39 is 0 Å². The topological polar surface area (TPSA) is 16.1 Å². The smallest absolute Gasteiger partial charge is 0.197 e. The second-order valence-corrected chi connectivity index (χ2v) is 3.89. The predicted octanol–water partition coefficient (Wildman–Crippen LogP) is 2.71. The molecule has 0 spiro atoms. The molecule has 0 amide bonds. The molecule has 2 nitrogen and oxygen atoms in total. The number of fused-ring (bicyclic) bond motifs is 1. The molecule has 0 saturated carbocycles. The Bertz CT molecular complexity index is 471. The molecule has 14 heavy (non-hydrogen) atoms. The Morgan fingerprint density at radius 1 is 1.36 bits per heavy atom. The monoisotopic (exact) mass is 202 g/mol. The highest BCUT2D eigenvalue weighted by molar-refractivity contribution is 7.22. The zero-order valence-corrected chi connectivity index (χ0v) is 8.93. The molecule has 0 fully saturated rings. The molecule has 1 aromatic carbocycles.